The second kappa shape index (κ2) is 6.70. The summed E-state index contributed by atoms with van der Waals surface area (Å²) in [6.07, 6.45) is 1.06. The molecule has 0 bridgehead atoms. The number of nitrogens with one attached hydrogen (secondary N) is 2. The third kappa shape index (κ3) is 3.93. The number of aryl methyl sites for hydroxylation is 2. The molecule has 2 rings (SSSR count). The zero-order valence-corrected chi connectivity index (χ0v) is 13.6. The number of hydrogen-bond donors (Lipinski definition) is 2. The fourth-order valence-corrected chi connectivity index (χ4v) is 2.43. The zero-order chi connectivity index (χ0) is 14.5. The van der Waals surface area contributed by atoms with Crippen LogP contribution in [0.4, 0.5) is 17.3 Å². The minimum atomic E-state index is 0.747. The van der Waals surface area contributed by atoms with E-state index in [-0.39, 0.29) is 0 Å². The van der Waals surface area contributed by atoms with Gasteiger partial charge in [0.2, 0.25) is 0 Å². The summed E-state index contributed by atoms with van der Waals surface area (Å²) in [5.41, 5.74) is 2.21. The average Bonchev–Trinajstić information content (AvgIpc) is 2.39. The van der Waals surface area contributed by atoms with Gasteiger partial charge in [0.05, 0.1) is 5.69 Å². The van der Waals surface area contributed by atoms with Gasteiger partial charge < -0.3 is 10.6 Å². The van der Waals surface area contributed by atoms with Crippen LogP contribution in [-0.4, -0.2) is 16.5 Å². The highest BCUT2D eigenvalue weighted by molar-refractivity contribution is 9.10. The second-order valence-electron chi connectivity index (χ2n) is 4.72. The standard InChI is InChI=1S/C15H19BrN4/c1-4-7-17-14-9-15(19-11(3)18-14)20-13-6-5-10(2)8-12(13)16/h5-6,8-9H,4,7H2,1-3H3,(H2,17,18,19,20). The van der Waals surface area contributed by atoms with Crippen LogP contribution in [0.5, 0.6) is 0 Å². The average molecular weight is 335 g/mol. The first-order valence-corrected chi connectivity index (χ1v) is 7.50. The van der Waals surface area contributed by atoms with Crippen LogP contribution < -0.4 is 10.6 Å². The van der Waals surface area contributed by atoms with Gasteiger partial charge in [0.1, 0.15) is 17.5 Å². The maximum absolute atomic E-state index is 4.42. The maximum Gasteiger partial charge on any atom is 0.136 e. The molecule has 0 aliphatic carbocycles. The Bertz CT molecular complexity index is 598. The number of anilines is 3. The number of nitrogens with zero attached hydrogens (tertiary/aromatic N) is 2. The predicted molar refractivity (Wildman–Crippen MR) is 87.7 cm³/mol. The number of halogens is 1. The Morgan fingerprint density at radius 1 is 1.10 bits per heavy atom. The molecule has 5 heteroatoms. The number of hydrogen-bond acceptors (Lipinski definition) is 4. The van der Waals surface area contributed by atoms with Gasteiger partial charge in [-0.25, -0.2) is 9.97 Å². The van der Waals surface area contributed by atoms with E-state index in [1.54, 1.807) is 0 Å². The van der Waals surface area contributed by atoms with E-state index in [0.717, 1.165) is 40.6 Å². The first-order chi connectivity index (χ1) is 9.58. The Kier molecular flexibility index (Phi) is 4.95. The van der Waals surface area contributed by atoms with Gasteiger partial charge in [0.25, 0.3) is 0 Å². The van der Waals surface area contributed by atoms with E-state index in [2.05, 4.69) is 62.5 Å². The van der Waals surface area contributed by atoms with Crippen molar-refractivity contribution >= 4 is 33.3 Å². The molecule has 4 nitrogen and oxygen atoms in total. The molecule has 0 saturated heterocycles. The van der Waals surface area contributed by atoms with Crippen molar-refractivity contribution in [3.05, 3.63) is 40.1 Å². The van der Waals surface area contributed by atoms with Gasteiger partial charge in [-0.05, 0) is 53.9 Å². The lowest BCUT2D eigenvalue weighted by Crippen LogP contribution is -2.05. The van der Waals surface area contributed by atoms with Crippen molar-refractivity contribution in [3.63, 3.8) is 0 Å². The monoisotopic (exact) mass is 334 g/mol. The Morgan fingerprint density at radius 3 is 2.55 bits per heavy atom. The molecule has 0 unspecified atom stereocenters. The Hall–Kier alpha value is -1.62. The van der Waals surface area contributed by atoms with Crippen molar-refractivity contribution in [2.75, 3.05) is 17.2 Å². The van der Waals surface area contributed by atoms with Crippen molar-refractivity contribution in [2.24, 2.45) is 0 Å². The van der Waals surface area contributed by atoms with Crippen molar-refractivity contribution in [3.8, 4) is 0 Å². The van der Waals surface area contributed by atoms with Crippen molar-refractivity contribution in [2.45, 2.75) is 27.2 Å². The molecule has 0 saturated carbocycles. The van der Waals surface area contributed by atoms with E-state index in [1.807, 2.05) is 19.1 Å². The maximum atomic E-state index is 4.42. The molecular weight excluding hydrogens is 316 g/mol. The van der Waals surface area contributed by atoms with E-state index in [0.29, 0.717) is 0 Å². The molecule has 0 fully saturated rings. The van der Waals surface area contributed by atoms with Crippen LogP contribution in [0.1, 0.15) is 24.7 Å². The summed E-state index contributed by atoms with van der Waals surface area (Å²) >= 11 is 3.56. The minimum absolute atomic E-state index is 0.747. The summed E-state index contributed by atoms with van der Waals surface area (Å²) in [5, 5.41) is 6.60. The van der Waals surface area contributed by atoms with Crippen LogP contribution in [0.2, 0.25) is 0 Å². The van der Waals surface area contributed by atoms with E-state index in [4.69, 9.17) is 0 Å². The van der Waals surface area contributed by atoms with Crippen molar-refractivity contribution in [1.82, 2.24) is 9.97 Å². The summed E-state index contributed by atoms with van der Waals surface area (Å²) in [6, 6.07) is 8.11. The first-order valence-electron chi connectivity index (χ1n) is 6.71. The van der Waals surface area contributed by atoms with Gasteiger partial charge in [-0.15, -0.1) is 0 Å². The second-order valence-corrected chi connectivity index (χ2v) is 5.58. The number of rotatable bonds is 5. The molecule has 1 heterocycles. The van der Waals surface area contributed by atoms with Crippen LogP contribution in [0.15, 0.2) is 28.7 Å². The Morgan fingerprint density at radius 2 is 1.85 bits per heavy atom. The Balaban J connectivity index is 2.21. The number of benzene rings is 1. The Labute approximate surface area is 128 Å². The smallest absolute Gasteiger partial charge is 0.136 e. The van der Waals surface area contributed by atoms with Gasteiger partial charge >= 0.3 is 0 Å². The molecule has 0 amide bonds. The van der Waals surface area contributed by atoms with Crippen LogP contribution in [0.25, 0.3) is 0 Å². The molecule has 2 aromatic rings. The van der Waals surface area contributed by atoms with E-state index in [1.165, 1.54) is 5.56 Å². The highest BCUT2D eigenvalue weighted by Crippen LogP contribution is 2.26. The molecule has 0 aliphatic rings. The molecule has 1 aromatic carbocycles. The van der Waals surface area contributed by atoms with Crippen LogP contribution in [0.3, 0.4) is 0 Å². The summed E-state index contributed by atoms with van der Waals surface area (Å²) in [7, 11) is 0. The summed E-state index contributed by atoms with van der Waals surface area (Å²) < 4.78 is 1.02. The largest absolute Gasteiger partial charge is 0.370 e. The van der Waals surface area contributed by atoms with Gasteiger partial charge in [-0.2, -0.15) is 0 Å². The molecular formula is C15H19BrN4. The molecule has 0 atom stereocenters. The number of aromatic nitrogens is 2. The summed E-state index contributed by atoms with van der Waals surface area (Å²) in [4.78, 5) is 8.79. The molecule has 0 aliphatic heterocycles. The fourth-order valence-electron chi connectivity index (χ4n) is 1.83. The summed E-state index contributed by atoms with van der Waals surface area (Å²) in [5.74, 6) is 2.39. The van der Waals surface area contributed by atoms with Crippen molar-refractivity contribution in [1.29, 1.82) is 0 Å². The third-order valence-electron chi connectivity index (χ3n) is 2.78. The summed E-state index contributed by atoms with van der Waals surface area (Å²) in [6.45, 7) is 7.00. The SMILES string of the molecule is CCCNc1cc(Nc2ccc(C)cc2Br)nc(C)n1. The van der Waals surface area contributed by atoms with Crippen LogP contribution in [-0.2, 0) is 0 Å². The quantitative estimate of drug-likeness (QED) is 0.849. The molecule has 2 N–H and O–H groups in total. The lowest BCUT2D eigenvalue weighted by molar-refractivity contribution is 0.955. The van der Waals surface area contributed by atoms with E-state index >= 15 is 0 Å². The molecule has 20 heavy (non-hydrogen) atoms. The lowest BCUT2D eigenvalue weighted by atomic mass is 10.2. The van der Waals surface area contributed by atoms with Crippen LogP contribution in [0, 0.1) is 13.8 Å². The fraction of sp³-hybridized carbons (Fsp3) is 0.333. The van der Waals surface area contributed by atoms with Gasteiger partial charge in [0, 0.05) is 17.1 Å². The third-order valence-corrected chi connectivity index (χ3v) is 3.44. The van der Waals surface area contributed by atoms with Gasteiger partial charge in [-0.3, -0.25) is 0 Å². The minimum Gasteiger partial charge on any atom is -0.370 e. The van der Waals surface area contributed by atoms with Gasteiger partial charge in [0.15, 0.2) is 0 Å². The first kappa shape index (κ1) is 14.8. The normalized spacial score (nSPS) is 10.4. The van der Waals surface area contributed by atoms with Crippen LogP contribution >= 0.6 is 15.9 Å². The van der Waals surface area contributed by atoms with E-state index in [9.17, 15) is 0 Å². The topological polar surface area (TPSA) is 49.8 Å². The molecule has 0 spiro atoms. The zero-order valence-electron chi connectivity index (χ0n) is 12.0. The lowest BCUT2D eigenvalue weighted by Gasteiger charge is -2.11. The van der Waals surface area contributed by atoms with E-state index < -0.39 is 0 Å². The predicted octanol–water partition coefficient (Wildman–Crippen LogP) is 4.42. The molecule has 0 radical (unpaired) electrons. The molecule has 1 aromatic heterocycles. The van der Waals surface area contributed by atoms with Crippen molar-refractivity contribution < 1.29 is 0 Å². The highest BCUT2D eigenvalue weighted by Gasteiger charge is 2.04. The molecule has 106 valence electrons. The van der Waals surface area contributed by atoms with Gasteiger partial charge in [-0.1, -0.05) is 13.0 Å². The highest BCUT2D eigenvalue weighted by atomic mass is 79.9.